The number of alkyl halides is 3. The van der Waals surface area contributed by atoms with Gasteiger partial charge in [0.25, 0.3) is 5.91 Å². The third-order valence-electron chi connectivity index (χ3n) is 3.67. The molecule has 1 aromatic carbocycles. The summed E-state index contributed by atoms with van der Waals surface area (Å²) in [5, 5.41) is 9.26. The van der Waals surface area contributed by atoms with E-state index in [1.165, 1.54) is 18.2 Å². The lowest BCUT2D eigenvalue weighted by Crippen LogP contribution is -2.24. The molecule has 0 saturated heterocycles. The fourth-order valence-corrected chi connectivity index (χ4v) is 2.44. The number of carbonyl (C=O) groups excluding carboxylic acids is 1. The van der Waals surface area contributed by atoms with E-state index in [1.54, 1.807) is 12.1 Å². The summed E-state index contributed by atoms with van der Waals surface area (Å²) in [6.07, 6.45) is -2.95. The first kappa shape index (κ1) is 17.6. The maximum absolute atomic E-state index is 12.4. The highest BCUT2D eigenvalue weighted by atomic mass is 19.4. The fraction of sp³-hybridized carbons (Fsp3) is 0.176. The van der Waals surface area contributed by atoms with Crippen molar-refractivity contribution >= 4 is 5.91 Å². The Hall–Kier alpha value is -3.23. The number of nitrogens with one attached hydrogen (secondary N) is 2. The summed E-state index contributed by atoms with van der Waals surface area (Å²) in [7, 11) is 1.85. The van der Waals surface area contributed by atoms with Crippen molar-refractivity contribution in [2.45, 2.75) is 12.9 Å². The molecule has 0 fully saturated rings. The number of amides is 1. The minimum Gasteiger partial charge on any atom is -0.405 e. The molecule has 2 aromatic heterocycles. The number of aryl methyl sites for hydroxylation is 1. The lowest BCUT2D eigenvalue weighted by molar-refractivity contribution is -0.274. The van der Waals surface area contributed by atoms with Gasteiger partial charge in [-0.15, -0.1) is 13.2 Å². The molecule has 1 amide bonds. The van der Waals surface area contributed by atoms with E-state index in [1.807, 2.05) is 29.9 Å². The third-order valence-corrected chi connectivity index (χ3v) is 3.67. The molecule has 3 rings (SSSR count). The van der Waals surface area contributed by atoms with Crippen molar-refractivity contribution in [1.29, 1.82) is 0 Å². The van der Waals surface area contributed by atoms with Crippen LogP contribution >= 0.6 is 0 Å². The smallest absolute Gasteiger partial charge is 0.405 e. The number of ether oxygens (including phenoxy) is 1. The zero-order valence-electron chi connectivity index (χ0n) is 13.7. The highest BCUT2D eigenvalue weighted by Gasteiger charge is 2.32. The van der Waals surface area contributed by atoms with Crippen molar-refractivity contribution < 1.29 is 22.7 Å². The van der Waals surface area contributed by atoms with Crippen molar-refractivity contribution in [3.05, 3.63) is 59.9 Å². The molecule has 0 atom stereocenters. The first-order chi connectivity index (χ1) is 12.3. The normalized spacial score (nSPS) is 11.4. The molecule has 0 bridgehead atoms. The van der Waals surface area contributed by atoms with Crippen LogP contribution in [-0.4, -0.2) is 27.0 Å². The molecule has 0 aliphatic rings. The van der Waals surface area contributed by atoms with Crippen LogP contribution in [0.1, 0.15) is 16.1 Å². The second-order valence-corrected chi connectivity index (χ2v) is 5.51. The molecule has 0 aliphatic carbocycles. The Morgan fingerprint density at radius 2 is 2.04 bits per heavy atom. The molecule has 2 N–H and O–H groups in total. The number of halogens is 3. The Balaban J connectivity index is 1.69. The van der Waals surface area contributed by atoms with Crippen LogP contribution in [0.25, 0.3) is 11.4 Å². The monoisotopic (exact) mass is 364 g/mol. The van der Waals surface area contributed by atoms with Gasteiger partial charge in [-0.3, -0.25) is 9.89 Å². The van der Waals surface area contributed by atoms with Crippen molar-refractivity contribution in [2.75, 3.05) is 0 Å². The first-order valence-corrected chi connectivity index (χ1v) is 7.62. The molecule has 6 nitrogen and oxygen atoms in total. The molecule has 26 heavy (non-hydrogen) atoms. The average Bonchev–Trinajstić information content (AvgIpc) is 3.21. The third kappa shape index (κ3) is 4.05. The molecule has 2 heterocycles. The zero-order valence-corrected chi connectivity index (χ0v) is 13.7. The van der Waals surface area contributed by atoms with Crippen LogP contribution in [0.2, 0.25) is 0 Å². The number of para-hydroxylation sites is 1. The number of hydrogen-bond acceptors (Lipinski definition) is 3. The average molecular weight is 364 g/mol. The van der Waals surface area contributed by atoms with Crippen molar-refractivity contribution in [3.63, 3.8) is 0 Å². The summed E-state index contributed by atoms with van der Waals surface area (Å²) in [5.74, 6) is -0.839. The number of aromatic nitrogens is 3. The predicted octanol–water partition coefficient (Wildman–Crippen LogP) is 3.24. The van der Waals surface area contributed by atoms with Gasteiger partial charge in [-0.2, -0.15) is 5.10 Å². The number of benzene rings is 1. The van der Waals surface area contributed by atoms with E-state index in [0.717, 1.165) is 5.69 Å². The number of aromatic amines is 1. The summed E-state index contributed by atoms with van der Waals surface area (Å²) in [6.45, 7) is -0.121. The SMILES string of the molecule is Cn1cccc1-c1cc(C(=O)NCc2ccccc2OC(F)(F)F)[nH]n1. The molecule has 0 spiro atoms. The Morgan fingerprint density at radius 1 is 1.27 bits per heavy atom. The predicted molar refractivity (Wildman–Crippen MR) is 87.3 cm³/mol. The fourth-order valence-electron chi connectivity index (χ4n) is 2.44. The van der Waals surface area contributed by atoms with Gasteiger partial charge in [0, 0.05) is 25.4 Å². The summed E-state index contributed by atoms with van der Waals surface area (Å²) < 4.78 is 43.1. The lowest BCUT2D eigenvalue weighted by atomic mass is 10.2. The van der Waals surface area contributed by atoms with Crippen molar-refractivity contribution in [1.82, 2.24) is 20.1 Å². The minimum atomic E-state index is -4.80. The summed E-state index contributed by atoms with van der Waals surface area (Å²) in [6, 6.07) is 10.9. The second kappa shape index (κ2) is 6.95. The number of carbonyl (C=O) groups is 1. The quantitative estimate of drug-likeness (QED) is 0.730. The topological polar surface area (TPSA) is 71.9 Å². The van der Waals surface area contributed by atoms with Gasteiger partial charge in [0.1, 0.15) is 17.1 Å². The maximum atomic E-state index is 12.4. The van der Waals surface area contributed by atoms with Crippen LogP contribution in [0.3, 0.4) is 0 Å². The second-order valence-electron chi connectivity index (χ2n) is 5.51. The van der Waals surface area contributed by atoms with Crippen LogP contribution in [-0.2, 0) is 13.6 Å². The first-order valence-electron chi connectivity index (χ1n) is 7.62. The van der Waals surface area contributed by atoms with Gasteiger partial charge in [-0.05, 0) is 24.3 Å². The van der Waals surface area contributed by atoms with Crippen molar-refractivity contribution in [3.8, 4) is 17.1 Å². The lowest BCUT2D eigenvalue weighted by Gasteiger charge is -2.13. The van der Waals surface area contributed by atoms with E-state index in [9.17, 15) is 18.0 Å². The molecular formula is C17H15F3N4O2. The Kier molecular flexibility index (Phi) is 4.70. The van der Waals surface area contributed by atoms with Crippen LogP contribution in [0.5, 0.6) is 5.75 Å². The van der Waals surface area contributed by atoms with E-state index >= 15 is 0 Å². The molecule has 136 valence electrons. The van der Waals surface area contributed by atoms with Crippen molar-refractivity contribution in [2.24, 2.45) is 7.05 Å². The van der Waals surface area contributed by atoms with E-state index in [2.05, 4.69) is 20.3 Å². The largest absolute Gasteiger partial charge is 0.573 e. The van der Waals surface area contributed by atoms with Gasteiger partial charge in [-0.1, -0.05) is 18.2 Å². The van der Waals surface area contributed by atoms with Crippen LogP contribution < -0.4 is 10.1 Å². The highest BCUT2D eigenvalue weighted by molar-refractivity contribution is 5.93. The molecule has 3 aromatic rings. The Bertz CT molecular complexity index is 915. The van der Waals surface area contributed by atoms with Crippen LogP contribution in [0.15, 0.2) is 48.7 Å². The van der Waals surface area contributed by atoms with Gasteiger partial charge >= 0.3 is 6.36 Å². The number of hydrogen-bond donors (Lipinski definition) is 2. The summed E-state index contributed by atoms with van der Waals surface area (Å²) in [5.41, 5.74) is 1.82. The minimum absolute atomic E-state index is 0.121. The van der Waals surface area contributed by atoms with E-state index in [0.29, 0.717) is 5.69 Å². The number of rotatable bonds is 5. The molecular weight excluding hydrogens is 349 g/mol. The Morgan fingerprint density at radius 3 is 2.73 bits per heavy atom. The number of H-pyrrole nitrogens is 1. The molecule has 9 heteroatoms. The zero-order chi connectivity index (χ0) is 18.7. The number of nitrogens with zero attached hydrogens (tertiary/aromatic N) is 2. The van der Waals surface area contributed by atoms with Crippen LogP contribution in [0, 0.1) is 0 Å². The molecule has 0 radical (unpaired) electrons. The Labute approximate surface area is 146 Å². The van der Waals surface area contributed by atoms with Gasteiger partial charge in [0.05, 0.1) is 5.69 Å². The van der Waals surface area contributed by atoms with E-state index in [4.69, 9.17) is 0 Å². The summed E-state index contributed by atoms with van der Waals surface area (Å²) in [4.78, 5) is 12.2. The van der Waals surface area contributed by atoms with E-state index in [-0.39, 0.29) is 23.6 Å². The molecule has 0 saturated carbocycles. The van der Waals surface area contributed by atoms with Gasteiger partial charge in [-0.25, -0.2) is 0 Å². The van der Waals surface area contributed by atoms with Gasteiger partial charge < -0.3 is 14.6 Å². The molecule has 0 unspecified atom stereocenters. The summed E-state index contributed by atoms with van der Waals surface area (Å²) >= 11 is 0. The highest BCUT2D eigenvalue weighted by Crippen LogP contribution is 2.26. The molecule has 0 aliphatic heterocycles. The maximum Gasteiger partial charge on any atom is 0.573 e. The van der Waals surface area contributed by atoms with Gasteiger partial charge in [0.15, 0.2) is 0 Å². The van der Waals surface area contributed by atoms with Crippen LogP contribution in [0.4, 0.5) is 13.2 Å². The van der Waals surface area contributed by atoms with E-state index < -0.39 is 12.3 Å². The standard InChI is InChI=1S/C17H15F3N4O2/c1-24-8-4-6-14(24)12-9-13(23-22-12)16(25)21-10-11-5-2-3-7-15(11)26-17(18,19)20/h2-9H,10H2,1H3,(H,21,25)(H,22,23). The van der Waals surface area contributed by atoms with Gasteiger partial charge in [0.2, 0.25) is 0 Å².